The smallest absolute Gasteiger partial charge is 0.261 e. The highest BCUT2D eigenvalue weighted by Crippen LogP contribution is 2.28. The highest BCUT2D eigenvalue weighted by molar-refractivity contribution is 5.49. The summed E-state index contributed by atoms with van der Waals surface area (Å²) >= 11 is 0. The minimum atomic E-state index is -0.446. The van der Waals surface area contributed by atoms with Crippen molar-refractivity contribution < 1.29 is 14.0 Å². The fourth-order valence-electron chi connectivity index (χ4n) is 3.44. The molecule has 6 heteroatoms. The van der Waals surface area contributed by atoms with Gasteiger partial charge in [0.25, 0.3) is 5.89 Å². The Hall–Kier alpha value is -2.44. The first-order chi connectivity index (χ1) is 12.3. The third kappa shape index (κ3) is 3.65. The summed E-state index contributed by atoms with van der Waals surface area (Å²) < 4.78 is 10.4. The molecule has 0 amide bonds. The van der Waals surface area contributed by atoms with Crippen molar-refractivity contribution in [2.45, 2.75) is 38.0 Å². The van der Waals surface area contributed by atoms with Crippen molar-refractivity contribution in [2.24, 2.45) is 0 Å². The molecule has 0 radical (unpaired) electrons. The van der Waals surface area contributed by atoms with E-state index in [1.165, 1.54) is 0 Å². The molecule has 1 aliphatic rings. The maximum Gasteiger partial charge on any atom is 0.261 e. The average molecular weight is 339 g/mol. The molecule has 1 aromatic carbocycles. The largest absolute Gasteiger partial charge is 0.472 e. The lowest BCUT2D eigenvalue weighted by Gasteiger charge is -2.25. The Bertz CT molecular complexity index is 785. The predicted octanol–water partition coefficient (Wildman–Crippen LogP) is 3.42. The predicted molar refractivity (Wildman–Crippen MR) is 91.5 cm³/mol. The normalized spacial score (nSPS) is 19.3. The molecule has 6 nitrogen and oxygen atoms in total. The molecule has 2 unspecified atom stereocenters. The van der Waals surface area contributed by atoms with Crippen molar-refractivity contribution in [1.82, 2.24) is 15.0 Å². The molecule has 25 heavy (non-hydrogen) atoms. The number of hydrogen-bond donors (Lipinski definition) is 1. The van der Waals surface area contributed by atoms with E-state index in [0.717, 1.165) is 36.9 Å². The Morgan fingerprint density at radius 3 is 2.92 bits per heavy atom. The van der Waals surface area contributed by atoms with E-state index in [0.29, 0.717) is 24.3 Å². The number of rotatable bonds is 6. The van der Waals surface area contributed by atoms with Crippen LogP contribution >= 0.6 is 0 Å². The number of furan rings is 1. The van der Waals surface area contributed by atoms with Gasteiger partial charge in [-0.25, -0.2) is 0 Å². The van der Waals surface area contributed by atoms with Gasteiger partial charge < -0.3 is 14.0 Å². The van der Waals surface area contributed by atoms with E-state index >= 15 is 0 Å². The summed E-state index contributed by atoms with van der Waals surface area (Å²) in [6, 6.07) is 12.0. The number of aliphatic hydroxyl groups excluding tert-OH is 1. The molecule has 4 rings (SSSR count). The number of likely N-dealkylation sites (tertiary alicyclic amines) is 1. The lowest BCUT2D eigenvalue weighted by atomic mass is 10.0. The summed E-state index contributed by atoms with van der Waals surface area (Å²) in [5.74, 6) is 1.14. The van der Waals surface area contributed by atoms with Crippen LogP contribution in [0.4, 0.5) is 0 Å². The van der Waals surface area contributed by atoms with Gasteiger partial charge in [0.1, 0.15) is 6.26 Å². The molecule has 2 atom stereocenters. The highest BCUT2D eigenvalue weighted by Gasteiger charge is 2.28. The van der Waals surface area contributed by atoms with Crippen LogP contribution in [-0.2, 0) is 6.54 Å². The minimum absolute atomic E-state index is 0.325. The van der Waals surface area contributed by atoms with Crippen LogP contribution in [0.2, 0.25) is 0 Å². The first-order valence-corrected chi connectivity index (χ1v) is 8.62. The van der Waals surface area contributed by atoms with E-state index in [1.54, 1.807) is 18.6 Å². The molecule has 1 N–H and O–H groups in total. The zero-order valence-electron chi connectivity index (χ0n) is 13.9. The second kappa shape index (κ2) is 7.21. The molecular weight excluding hydrogens is 318 g/mol. The molecule has 1 aliphatic heterocycles. The van der Waals surface area contributed by atoms with Gasteiger partial charge in [0.05, 0.1) is 24.5 Å². The van der Waals surface area contributed by atoms with Gasteiger partial charge in [-0.15, -0.1) is 0 Å². The van der Waals surface area contributed by atoms with Gasteiger partial charge in [-0.05, 0) is 37.4 Å². The molecule has 1 fully saturated rings. The van der Waals surface area contributed by atoms with Crippen LogP contribution in [0.5, 0.6) is 0 Å². The third-order valence-corrected chi connectivity index (χ3v) is 4.76. The zero-order chi connectivity index (χ0) is 17.1. The quantitative estimate of drug-likeness (QED) is 0.742. The van der Waals surface area contributed by atoms with Crippen LogP contribution in [0.1, 0.15) is 36.8 Å². The van der Waals surface area contributed by atoms with E-state index in [-0.39, 0.29) is 0 Å². The Morgan fingerprint density at radius 2 is 2.12 bits per heavy atom. The monoisotopic (exact) mass is 339 g/mol. The average Bonchev–Trinajstić information content (AvgIpc) is 3.38. The summed E-state index contributed by atoms with van der Waals surface area (Å²) in [5, 5.41) is 14.6. The van der Waals surface area contributed by atoms with Crippen molar-refractivity contribution in [1.29, 1.82) is 0 Å². The van der Waals surface area contributed by atoms with Crippen LogP contribution in [0.3, 0.4) is 0 Å². The van der Waals surface area contributed by atoms with Crippen molar-refractivity contribution in [3.63, 3.8) is 0 Å². The maximum absolute atomic E-state index is 10.5. The van der Waals surface area contributed by atoms with Gasteiger partial charge in [0.15, 0.2) is 5.82 Å². The molecular formula is C19H21N3O3. The lowest BCUT2D eigenvalue weighted by molar-refractivity contribution is 0.116. The number of nitrogens with zero attached hydrogens (tertiary/aromatic N) is 3. The second-order valence-electron chi connectivity index (χ2n) is 6.46. The van der Waals surface area contributed by atoms with E-state index in [1.807, 2.05) is 30.3 Å². The molecule has 3 heterocycles. The Labute approximate surface area is 146 Å². The standard InChI is InChI=1S/C19H21N3O3/c23-17(14-5-2-1-3-6-14)11-16-7-4-9-22(16)12-18-20-19(25-21-18)15-8-10-24-13-15/h1-3,5-6,8,10,13,16-17,23H,4,7,9,11-12H2. The zero-order valence-corrected chi connectivity index (χ0v) is 13.9. The first kappa shape index (κ1) is 16.1. The van der Waals surface area contributed by atoms with E-state index in [4.69, 9.17) is 8.94 Å². The van der Waals surface area contributed by atoms with E-state index in [2.05, 4.69) is 15.0 Å². The molecule has 130 valence electrons. The molecule has 3 aromatic rings. The Balaban J connectivity index is 1.40. The maximum atomic E-state index is 10.5. The summed E-state index contributed by atoms with van der Waals surface area (Å²) in [5.41, 5.74) is 1.76. The van der Waals surface area contributed by atoms with Crippen molar-refractivity contribution in [3.05, 3.63) is 60.3 Å². The number of benzene rings is 1. The molecule has 0 aliphatic carbocycles. The lowest BCUT2D eigenvalue weighted by Crippen LogP contribution is -2.30. The van der Waals surface area contributed by atoms with Crippen molar-refractivity contribution >= 4 is 0 Å². The summed E-state index contributed by atoms with van der Waals surface area (Å²) in [7, 11) is 0. The first-order valence-electron chi connectivity index (χ1n) is 8.62. The summed E-state index contributed by atoms with van der Waals surface area (Å²) in [6.45, 7) is 1.62. The summed E-state index contributed by atoms with van der Waals surface area (Å²) in [6.07, 6.45) is 5.65. The Kier molecular flexibility index (Phi) is 4.63. The molecule has 2 aromatic heterocycles. The third-order valence-electron chi connectivity index (χ3n) is 4.76. The molecule has 0 bridgehead atoms. The number of hydrogen-bond acceptors (Lipinski definition) is 6. The molecule has 0 spiro atoms. The SMILES string of the molecule is OC(CC1CCCN1Cc1noc(-c2ccoc2)n1)c1ccccc1. The van der Waals surface area contributed by atoms with Crippen LogP contribution in [0.25, 0.3) is 11.5 Å². The fraction of sp³-hybridized carbons (Fsp3) is 0.368. The number of aliphatic hydroxyl groups is 1. The van der Waals surface area contributed by atoms with Crippen molar-refractivity contribution in [3.8, 4) is 11.5 Å². The molecule has 0 saturated carbocycles. The summed E-state index contributed by atoms with van der Waals surface area (Å²) in [4.78, 5) is 6.78. The topological polar surface area (TPSA) is 75.5 Å². The van der Waals surface area contributed by atoms with Gasteiger partial charge >= 0.3 is 0 Å². The van der Waals surface area contributed by atoms with Gasteiger partial charge in [0.2, 0.25) is 0 Å². The van der Waals surface area contributed by atoms with Crippen LogP contribution in [-0.4, -0.2) is 32.7 Å². The van der Waals surface area contributed by atoms with Crippen LogP contribution in [0, 0.1) is 0 Å². The van der Waals surface area contributed by atoms with Gasteiger partial charge in [0, 0.05) is 6.04 Å². The highest BCUT2D eigenvalue weighted by atomic mass is 16.5. The van der Waals surface area contributed by atoms with Gasteiger partial charge in [-0.2, -0.15) is 4.98 Å². The van der Waals surface area contributed by atoms with E-state index in [9.17, 15) is 5.11 Å². The molecule has 1 saturated heterocycles. The minimum Gasteiger partial charge on any atom is -0.472 e. The van der Waals surface area contributed by atoms with E-state index < -0.39 is 6.10 Å². The Morgan fingerprint density at radius 1 is 1.24 bits per heavy atom. The van der Waals surface area contributed by atoms with Crippen LogP contribution < -0.4 is 0 Å². The van der Waals surface area contributed by atoms with Crippen molar-refractivity contribution in [2.75, 3.05) is 6.54 Å². The fourth-order valence-corrected chi connectivity index (χ4v) is 3.44. The van der Waals surface area contributed by atoms with Gasteiger partial charge in [-0.3, -0.25) is 4.90 Å². The number of aromatic nitrogens is 2. The van der Waals surface area contributed by atoms with Gasteiger partial charge in [-0.1, -0.05) is 35.5 Å². The second-order valence-corrected chi connectivity index (χ2v) is 6.46. The van der Waals surface area contributed by atoms with Crippen LogP contribution in [0.15, 0.2) is 57.9 Å².